The minimum absolute atomic E-state index is 0. The summed E-state index contributed by atoms with van der Waals surface area (Å²) in [6.45, 7) is 17.0. The molecule has 1 aliphatic heterocycles. The van der Waals surface area contributed by atoms with E-state index in [0.29, 0.717) is 12.3 Å². The molecule has 2 aromatic rings. The van der Waals surface area contributed by atoms with Gasteiger partial charge in [0.1, 0.15) is 11.5 Å². The van der Waals surface area contributed by atoms with Gasteiger partial charge in [-0.2, -0.15) is 12.6 Å². The number of carbonyl (C=O) groups excluding carboxylic acids is 2. The fraction of sp³-hybridized carbons (Fsp3) is 0.459. The van der Waals surface area contributed by atoms with Crippen molar-refractivity contribution >= 4 is 30.8 Å². The van der Waals surface area contributed by atoms with Gasteiger partial charge < -0.3 is 20.3 Å². The summed E-state index contributed by atoms with van der Waals surface area (Å²) in [4.78, 5) is 27.1. The Labute approximate surface area is 279 Å². The third kappa shape index (κ3) is 15.4. The second-order valence-corrected chi connectivity index (χ2v) is 10.2. The summed E-state index contributed by atoms with van der Waals surface area (Å²) in [5.41, 5.74) is 5.23. The van der Waals surface area contributed by atoms with Gasteiger partial charge in [0.05, 0.1) is 5.70 Å². The molecule has 0 radical (unpaired) electrons. The number of urea groups is 1. The molecule has 0 aromatic heterocycles. The predicted molar refractivity (Wildman–Crippen MR) is 196 cm³/mol. The van der Waals surface area contributed by atoms with Crippen LogP contribution in [0.15, 0.2) is 83.8 Å². The molecule has 0 atom stereocenters. The Morgan fingerprint density at radius 1 is 0.978 bits per heavy atom. The van der Waals surface area contributed by atoms with E-state index in [9.17, 15) is 9.59 Å². The number of carbonyl (C=O) groups is 2. The monoisotopic (exact) mass is 638 g/mol. The fourth-order valence-electron chi connectivity index (χ4n) is 4.58. The second-order valence-electron chi connectivity index (χ2n) is 10.2. The molecular weight excluding hydrogens is 580 g/mol. The molecule has 2 aromatic carbocycles. The number of benzene rings is 2. The van der Waals surface area contributed by atoms with Gasteiger partial charge in [0.15, 0.2) is 0 Å². The topological polar surface area (TPSA) is 73.9 Å². The smallest absolute Gasteiger partial charge is 0.326 e. The maximum Gasteiger partial charge on any atom is 0.326 e. The number of nitrogens with zero attached hydrogens (tertiary/aromatic N) is 2. The summed E-state index contributed by atoms with van der Waals surface area (Å²) in [6, 6.07) is 15.4. The van der Waals surface area contributed by atoms with Crippen molar-refractivity contribution in [1.82, 2.24) is 15.1 Å². The number of hydrogen-bond acceptors (Lipinski definition) is 5. The van der Waals surface area contributed by atoms with Crippen molar-refractivity contribution in [2.24, 2.45) is 0 Å². The summed E-state index contributed by atoms with van der Waals surface area (Å²) < 4.78 is 6.30. The van der Waals surface area contributed by atoms with Crippen LogP contribution in [0.3, 0.4) is 0 Å². The molecule has 0 bridgehead atoms. The third-order valence-corrected chi connectivity index (χ3v) is 7.08. The number of nitrogens with one attached hydrogen (secondary N) is 2. The van der Waals surface area contributed by atoms with E-state index in [1.807, 2.05) is 69.3 Å². The Bertz CT molecular complexity index is 1210. The van der Waals surface area contributed by atoms with Crippen LogP contribution < -0.4 is 15.4 Å². The molecule has 4 rings (SSSR count). The molecule has 1 heterocycles. The maximum atomic E-state index is 13.1. The van der Waals surface area contributed by atoms with Crippen LogP contribution in [0.1, 0.15) is 71.9 Å². The van der Waals surface area contributed by atoms with Crippen LogP contribution in [0.2, 0.25) is 0 Å². The highest BCUT2D eigenvalue weighted by atomic mass is 32.1. The molecular formula is C37H58N4O3S. The molecule has 7 nitrogen and oxygen atoms in total. The first-order valence-corrected chi connectivity index (χ1v) is 16.6. The van der Waals surface area contributed by atoms with Gasteiger partial charge in [0, 0.05) is 25.3 Å². The van der Waals surface area contributed by atoms with E-state index < -0.39 is 0 Å². The largest absolute Gasteiger partial charge is 0.456 e. The number of ether oxygens (including phenoxy) is 1. The first-order chi connectivity index (χ1) is 21.4. The van der Waals surface area contributed by atoms with E-state index in [1.165, 1.54) is 42.6 Å². The number of thiol groups is 1. The summed E-state index contributed by atoms with van der Waals surface area (Å²) in [6.07, 6.45) is 12.9. The second kappa shape index (κ2) is 24.8. The van der Waals surface area contributed by atoms with Crippen LogP contribution in [0.25, 0.3) is 0 Å². The van der Waals surface area contributed by atoms with E-state index in [0.717, 1.165) is 49.5 Å². The van der Waals surface area contributed by atoms with Crippen molar-refractivity contribution in [2.75, 3.05) is 44.3 Å². The Morgan fingerprint density at radius 3 is 2.24 bits per heavy atom. The Morgan fingerprint density at radius 2 is 1.64 bits per heavy atom. The highest BCUT2D eigenvalue weighted by Crippen LogP contribution is 2.27. The minimum Gasteiger partial charge on any atom is -0.456 e. The lowest BCUT2D eigenvalue weighted by molar-refractivity contribution is -0.109. The van der Waals surface area contributed by atoms with Gasteiger partial charge in [-0.15, -0.1) is 0 Å². The van der Waals surface area contributed by atoms with Crippen molar-refractivity contribution in [1.29, 1.82) is 0 Å². The number of likely N-dealkylation sites (N-methyl/N-ethyl adjacent to an activating group) is 1. The number of rotatable bonds is 9. The molecule has 3 amide bonds. The Balaban J connectivity index is 0.00000108. The number of allylic oxidation sites excluding steroid dienone is 4. The zero-order valence-electron chi connectivity index (χ0n) is 27.9. The Kier molecular flexibility index (Phi) is 22.9. The number of aryl methyl sites for hydroxylation is 2. The van der Waals surface area contributed by atoms with Gasteiger partial charge in [-0.25, -0.2) is 4.79 Å². The molecule has 1 saturated heterocycles. The molecule has 45 heavy (non-hydrogen) atoms. The molecule has 0 unspecified atom stereocenters. The lowest BCUT2D eigenvalue weighted by Gasteiger charge is -2.27. The van der Waals surface area contributed by atoms with Crippen LogP contribution in [-0.4, -0.2) is 61.2 Å². The van der Waals surface area contributed by atoms with Crippen LogP contribution in [0.5, 0.6) is 5.75 Å². The van der Waals surface area contributed by atoms with E-state index >= 15 is 0 Å². The van der Waals surface area contributed by atoms with Gasteiger partial charge in [-0.05, 0) is 114 Å². The van der Waals surface area contributed by atoms with E-state index in [4.69, 9.17) is 4.74 Å². The highest BCUT2D eigenvalue weighted by Gasteiger charge is 2.22. The van der Waals surface area contributed by atoms with Crippen molar-refractivity contribution < 1.29 is 14.3 Å². The number of amides is 3. The first-order valence-electron chi connectivity index (χ1n) is 15.7. The minimum atomic E-state index is -0.174. The summed E-state index contributed by atoms with van der Waals surface area (Å²) >= 11 is 3.53. The van der Waals surface area contributed by atoms with Crippen LogP contribution in [0.4, 0.5) is 10.5 Å². The highest BCUT2D eigenvalue weighted by molar-refractivity contribution is 7.79. The summed E-state index contributed by atoms with van der Waals surface area (Å²) in [7, 11) is 0. The molecule has 250 valence electrons. The van der Waals surface area contributed by atoms with Crippen LogP contribution >= 0.6 is 12.6 Å². The van der Waals surface area contributed by atoms with E-state index in [2.05, 4.69) is 67.2 Å². The van der Waals surface area contributed by atoms with Crippen LogP contribution in [-0.2, 0) is 4.79 Å². The molecule has 1 fully saturated rings. The summed E-state index contributed by atoms with van der Waals surface area (Å²) in [5, 5.41) is 5.64. The van der Waals surface area contributed by atoms with Crippen LogP contribution in [0, 0.1) is 13.8 Å². The van der Waals surface area contributed by atoms with E-state index in [1.54, 1.807) is 11.2 Å². The lowest BCUT2D eigenvalue weighted by atomic mass is 10.1. The third-order valence-electron chi connectivity index (χ3n) is 7.08. The van der Waals surface area contributed by atoms with Gasteiger partial charge in [0.2, 0.25) is 6.41 Å². The molecule has 2 N–H and O–H groups in total. The zero-order chi connectivity index (χ0) is 32.7. The average Bonchev–Trinajstić information content (AvgIpc) is 3.56. The van der Waals surface area contributed by atoms with Crippen molar-refractivity contribution in [3.05, 3.63) is 94.9 Å². The van der Waals surface area contributed by atoms with Crippen molar-refractivity contribution in [3.63, 3.8) is 0 Å². The molecule has 1 aliphatic carbocycles. The van der Waals surface area contributed by atoms with Crippen molar-refractivity contribution in [2.45, 2.75) is 74.7 Å². The standard InChI is InChI=1S/C26H30N2O2.C7H14N2O.C2H6.CH4S.CH4/c1-5-28(26(29)27-22-11-7-6-8-12-22)24-17-14-19(2)10-9-13-25(24)30-23-16-15-20(3)21(4)18-23;10-7-8-3-6-9-4-1-2-5-9;2*1-2;/h6-8,10-13,15-18H,5,9,14H2,1-4H3,(H,27,29);7H,1-6H2,(H,8,10);1-2H3;2H,1H3;1H4/b19-10-,24-17?,25-13+;;;;. The van der Waals surface area contributed by atoms with Gasteiger partial charge >= 0.3 is 6.03 Å². The van der Waals surface area contributed by atoms with Gasteiger partial charge in [0.25, 0.3) is 0 Å². The lowest BCUT2D eigenvalue weighted by Crippen LogP contribution is -2.35. The predicted octanol–water partition coefficient (Wildman–Crippen LogP) is 8.78. The molecule has 0 saturated carbocycles. The molecule has 8 heteroatoms. The van der Waals surface area contributed by atoms with Crippen molar-refractivity contribution in [3.8, 4) is 5.75 Å². The van der Waals surface area contributed by atoms with E-state index in [-0.39, 0.29) is 13.5 Å². The number of para-hydroxylation sites is 1. The maximum absolute atomic E-state index is 13.1. The SMILES string of the molecule is C.CC.CCN(C(=O)Nc1ccccc1)C1=CC/C(C)=C\C/C=C\1Oc1ccc(C)c(C)c1.CS.O=CNCCN1CCCC1. The first kappa shape index (κ1) is 41.5. The number of anilines is 1. The fourth-order valence-corrected chi connectivity index (χ4v) is 4.58. The number of likely N-dealkylation sites (tertiary alicyclic amines) is 1. The summed E-state index contributed by atoms with van der Waals surface area (Å²) in [5.74, 6) is 1.48. The molecule has 2 aliphatic rings. The van der Waals surface area contributed by atoms with Gasteiger partial charge in [-0.3, -0.25) is 9.69 Å². The normalized spacial score (nSPS) is 16.1. The van der Waals surface area contributed by atoms with Gasteiger partial charge in [-0.1, -0.05) is 63.3 Å². The quantitative estimate of drug-likeness (QED) is 0.111. The zero-order valence-corrected chi connectivity index (χ0v) is 28.8. The average molecular weight is 639 g/mol. The Hall–Kier alpha value is -3.49. The number of hydrogen-bond donors (Lipinski definition) is 3. The molecule has 0 spiro atoms.